The molecular weight excluding hydrogens is 394 g/mol. The lowest BCUT2D eigenvalue weighted by Gasteiger charge is -2.19. The predicted molar refractivity (Wildman–Crippen MR) is 121 cm³/mol. The van der Waals surface area contributed by atoms with Crippen LogP contribution >= 0.6 is 0 Å². The highest BCUT2D eigenvalue weighted by atomic mass is 16.4. The fourth-order valence-corrected chi connectivity index (χ4v) is 4.46. The lowest BCUT2D eigenvalue weighted by Crippen LogP contribution is -2.43. The molecule has 4 rings (SSSR count). The van der Waals surface area contributed by atoms with E-state index in [0.717, 1.165) is 26.6 Å². The van der Waals surface area contributed by atoms with E-state index in [0.29, 0.717) is 17.3 Å². The van der Waals surface area contributed by atoms with Gasteiger partial charge in [0.1, 0.15) is 0 Å². The average Bonchev–Trinajstić information content (AvgIpc) is 3.06. The van der Waals surface area contributed by atoms with Gasteiger partial charge in [0.05, 0.1) is 29.9 Å². The number of benzene rings is 2. The molecule has 2 aromatic carbocycles. The molecule has 0 aliphatic heterocycles. The summed E-state index contributed by atoms with van der Waals surface area (Å²) in [6, 6.07) is 12.4. The van der Waals surface area contributed by atoms with Gasteiger partial charge in [-0.3, -0.25) is 18.7 Å². The molecule has 0 amide bonds. The quantitative estimate of drug-likeness (QED) is 0.519. The van der Waals surface area contributed by atoms with Gasteiger partial charge in [0, 0.05) is 24.1 Å². The number of fused-ring (bicyclic) bond motifs is 2. The molecule has 160 valence electrons. The molecule has 0 saturated heterocycles. The summed E-state index contributed by atoms with van der Waals surface area (Å²) in [5.41, 5.74) is 2.76. The van der Waals surface area contributed by atoms with Gasteiger partial charge < -0.3 is 9.67 Å². The summed E-state index contributed by atoms with van der Waals surface area (Å²) in [5.74, 6) is -1.04. The first-order valence-electron chi connectivity index (χ1n) is 10.3. The molecule has 0 saturated carbocycles. The lowest BCUT2D eigenvalue weighted by molar-refractivity contribution is -0.138. The Balaban J connectivity index is 2.00. The highest BCUT2D eigenvalue weighted by Gasteiger charge is 2.22. The number of carboxylic acids is 1. The highest BCUT2D eigenvalue weighted by molar-refractivity contribution is 5.87. The van der Waals surface area contributed by atoms with Crippen molar-refractivity contribution >= 4 is 27.8 Å². The second-order valence-corrected chi connectivity index (χ2v) is 7.96. The maximum Gasteiger partial charge on any atom is 0.332 e. The first kappa shape index (κ1) is 20.7. The summed E-state index contributed by atoms with van der Waals surface area (Å²) in [4.78, 5) is 38.1. The number of para-hydroxylation sites is 1. The van der Waals surface area contributed by atoms with E-state index in [4.69, 9.17) is 0 Å². The summed E-state index contributed by atoms with van der Waals surface area (Å²) < 4.78 is 4.73. The second kappa shape index (κ2) is 7.91. The molecule has 7 heteroatoms. The Kier molecular flexibility index (Phi) is 5.27. The summed E-state index contributed by atoms with van der Waals surface area (Å²) in [5, 5.41) is 10.8. The minimum absolute atomic E-state index is 0.280. The van der Waals surface area contributed by atoms with Crippen LogP contribution < -0.4 is 11.2 Å². The Morgan fingerprint density at radius 2 is 1.77 bits per heavy atom. The Morgan fingerprint density at radius 3 is 2.48 bits per heavy atom. The second-order valence-electron chi connectivity index (χ2n) is 7.96. The van der Waals surface area contributed by atoms with Gasteiger partial charge in [0.15, 0.2) is 0 Å². The van der Waals surface area contributed by atoms with Crippen molar-refractivity contribution in [3.8, 4) is 0 Å². The topological polar surface area (TPSA) is 86.2 Å². The molecule has 0 aliphatic rings. The number of rotatable bonds is 6. The molecule has 1 atom stereocenters. The van der Waals surface area contributed by atoms with Gasteiger partial charge in [-0.15, -0.1) is 0 Å². The number of aliphatic carboxylic acids is 1. The van der Waals surface area contributed by atoms with Gasteiger partial charge in [-0.2, -0.15) is 0 Å². The normalized spacial score (nSPS) is 12.5. The van der Waals surface area contributed by atoms with Crippen LogP contribution in [0, 0.1) is 6.92 Å². The molecule has 2 heterocycles. The summed E-state index contributed by atoms with van der Waals surface area (Å²) in [6.07, 6.45) is 2.09. The van der Waals surface area contributed by atoms with Crippen molar-refractivity contribution in [2.24, 2.45) is 7.05 Å². The third kappa shape index (κ3) is 3.46. The number of carboxylic acid groups (broad SMARTS) is 1. The zero-order valence-electron chi connectivity index (χ0n) is 17.8. The van der Waals surface area contributed by atoms with Crippen LogP contribution in [0.1, 0.15) is 36.9 Å². The molecule has 4 aromatic rings. The van der Waals surface area contributed by atoms with E-state index in [1.165, 1.54) is 0 Å². The zero-order valence-corrected chi connectivity index (χ0v) is 17.8. The third-order valence-corrected chi connectivity index (χ3v) is 5.96. The average molecular weight is 419 g/mol. The summed E-state index contributed by atoms with van der Waals surface area (Å²) >= 11 is 0. The Hall–Kier alpha value is -3.61. The van der Waals surface area contributed by atoms with E-state index in [-0.39, 0.29) is 13.0 Å². The minimum atomic E-state index is -1.04. The van der Waals surface area contributed by atoms with Crippen LogP contribution in [0.2, 0.25) is 0 Å². The molecule has 1 unspecified atom stereocenters. The molecule has 0 bridgehead atoms. The van der Waals surface area contributed by atoms with Gasteiger partial charge in [-0.25, -0.2) is 4.79 Å². The van der Waals surface area contributed by atoms with Crippen LogP contribution in [0.3, 0.4) is 0 Å². The van der Waals surface area contributed by atoms with Crippen molar-refractivity contribution in [1.82, 2.24) is 13.7 Å². The third-order valence-electron chi connectivity index (χ3n) is 5.96. The maximum absolute atomic E-state index is 13.5. The zero-order chi connectivity index (χ0) is 22.3. The number of aromatic nitrogens is 3. The van der Waals surface area contributed by atoms with Crippen molar-refractivity contribution < 1.29 is 9.90 Å². The van der Waals surface area contributed by atoms with Crippen LogP contribution in [0.15, 0.2) is 58.3 Å². The smallest absolute Gasteiger partial charge is 0.332 e. The van der Waals surface area contributed by atoms with Gasteiger partial charge in [0.25, 0.3) is 5.56 Å². The predicted octanol–water partition coefficient (Wildman–Crippen LogP) is 3.44. The SMILES string of the molecule is CCC(CC(=O)O)n1c(=O)c2ccccc2n(Cc2cn(C)c3cccc(C)c23)c1=O. The van der Waals surface area contributed by atoms with Gasteiger partial charge in [0.2, 0.25) is 0 Å². The first-order valence-corrected chi connectivity index (χ1v) is 10.3. The number of carbonyl (C=O) groups is 1. The van der Waals surface area contributed by atoms with Gasteiger partial charge >= 0.3 is 11.7 Å². The Labute approximate surface area is 178 Å². The van der Waals surface area contributed by atoms with Crippen LogP contribution in [-0.2, 0) is 18.4 Å². The molecule has 0 fully saturated rings. The largest absolute Gasteiger partial charge is 0.481 e. The van der Waals surface area contributed by atoms with E-state index in [2.05, 4.69) is 0 Å². The molecular formula is C24H25N3O4. The monoisotopic (exact) mass is 419 g/mol. The first-order chi connectivity index (χ1) is 14.8. The molecule has 31 heavy (non-hydrogen) atoms. The number of hydrogen-bond acceptors (Lipinski definition) is 3. The fourth-order valence-electron chi connectivity index (χ4n) is 4.46. The Morgan fingerprint density at radius 1 is 1.06 bits per heavy atom. The van der Waals surface area contributed by atoms with Crippen molar-refractivity contribution in [1.29, 1.82) is 0 Å². The van der Waals surface area contributed by atoms with Crippen molar-refractivity contribution in [3.05, 3.63) is 80.6 Å². The van der Waals surface area contributed by atoms with E-state index >= 15 is 0 Å². The molecule has 2 aromatic heterocycles. The van der Waals surface area contributed by atoms with E-state index in [1.54, 1.807) is 35.8 Å². The number of aryl methyl sites for hydroxylation is 2. The molecule has 1 N–H and O–H groups in total. The highest BCUT2D eigenvalue weighted by Crippen LogP contribution is 2.25. The Bertz CT molecular complexity index is 1420. The maximum atomic E-state index is 13.5. The van der Waals surface area contributed by atoms with Crippen LogP contribution in [0.25, 0.3) is 21.8 Å². The minimum Gasteiger partial charge on any atom is -0.481 e. The number of nitrogens with zero attached hydrogens (tertiary/aromatic N) is 3. The lowest BCUT2D eigenvalue weighted by atomic mass is 10.1. The number of hydrogen-bond donors (Lipinski definition) is 1. The molecule has 0 radical (unpaired) electrons. The molecule has 0 spiro atoms. The summed E-state index contributed by atoms with van der Waals surface area (Å²) in [6.45, 7) is 4.10. The molecule has 0 aliphatic carbocycles. The van der Waals surface area contributed by atoms with Crippen LogP contribution in [0.4, 0.5) is 0 Å². The van der Waals surface area contributed by atoms with E-state index < -0.39 is 23.3 Å². The van der Waals surface area contributed by atoms with Crippen molar-refractivity contribution in [3.63, 3.8) is 0 Å². The van der Waals surface area contributed by atoms with Gasteiger partial charge in [-0.05, 0) is 42.7 Å². The van der Waals surface area contributed by atoms with Gasteiger partial charge in [-0.1, -0.05) is 31.2 Å². The van der Waals surface area contributed by atoms with Crippen molar-refractivity contribution in [2.45, 2.75) is 39.3 Å². The standard InChI is InChI=1S/C24H25N3O4/c1-4-17(12-21(28)29)27-23(30)18-9-5-6-10-19(18)26(24(27)31)14-16-13-25(3)20-11-7-8-15(2)22(16)20/h5-11,13,17H,4,12,14H2,1-3H3,(H,28,29). The van der Waals surface area contributed by atoms with E-state index in [1.807, 2.05) is 42.9 Å². The van der Waals surface area contributed by atoms with Crippen LogP contribution in [0.5, 0.6) is 0 Å². The van der Waals surface area contributed by atoms with Crippen LogP contribution in [-0.4, -0.2) is 24.8 Å². The fraction of sp³-hybridized carbons (Fsp3) is 0.292. The van der Waals surface area contributed by atoms with E-state index in [9.17, 15) is 19.5 Å². The molecule has 7 nitrogen and oxygen atoms in total. The summed E-state index contributed by atoms with van der Waals surface area (Å²) in [7, 11) is 1.97. The van der Waals surface area contributed by atoms with Crippen molar-refractivity contribution in [2.75, 3.05) is 0 Å².